The van der Waals surface area contributed by atoms with E-state index in [4.69, 9.17) is 0 Å². The maximum Gasteiger partial charge on any atom is 0.213 e. The number of rotatable bonds is 3. The summed E-state index contributed by atoms with van der Waals surface area (Å²) in [4.78, 5) is 17.2. The molecular weight excluding hydrogens is 178 g/mol. The van der Waals surface area contributed by atoms with E-state index < -0.39 is 0 Å². The van der Waals surface area contributed by atoms with Crippen molar-refractivity contribution in [3.05, 3.63) is 36.5 Å². The van der Waals surface area contributed by atoms with Crippen LogP contribution >= 0.6 is 0 Å². The van der Waals surface area contributed by atoms with Gasteiger partial charge in [0.05, 0.1) is 5.69 Å². The Morgan fingerprint density at radius 1 is 1.29 bits per heavy atom. The number of aromatic nitrogens is 2. The Hall–Kier alpha value is -2.10. The summed E-state index contributed by atoms with van der Waals surface area (Å²) in [5.41, 5.74) is 1.83. The molecule has 0 aliphatic carbocycles. The lowest BCUT2D eigenvalue weighted by molar-refractivity contribution is -0.105. The molecule has 1 aromatic carbocycles. The predicted molar refractivity (Wildman–Crippen MR) is 53.7 cm³/mol. The zero-order valence-electron chi connectivity index (χ0n) is 7.40. The smallest absolute Gasteiger partial charge is 0.213 e. The highest BCUT2D eigenvalue weighted by atomic mass is 16.1. The van der Waals surface area contributed by atoms with Crippen LogP contribution in [0.1, 0.15) is 0 Å². The van der Waals surface area contributed by atoms with Crippen LogP contribution < -0.4 is 5.32 Å². The number of nitrogens with one attached hydrogen (secondary N) is 2. The van der Waals surface area contributed by atoms with Crippen molar-refractivity contribution in [1.82, 2.24) is 9.97 Å². The molecule has 0 saturated carbocycles. The number of anilines is 1. The van der Waals surface area contributed by atoms with Gasteiger partial charge < -0.3 is 4.98 Å². The number of carbonyl (C=O) groups excluding carboxylic acids is 1. The monoisotopic (exact) mass is 187 g/mol. The van der Waals surface area contributed by atoms with Crippen LogP contribution in [0.25, 0.3) is 11.3 Å². The van der Waals surface area contributed by atoms with Crippen molar-refractivity contribution in [1.29, 1.82) is 0 Å². The number of hydrogen-bond acceptors (Lipinski definition) is 2. The fraction of sp³-hybridized carbons (Fsp3) is 0. The van der Waals surface area contributed by atoms with Gasteiger partial charge in [0.2, 0.25) is 12.4 Å². The Labute approximate surface area is 81.0 Å². The third kappa shape index (κ3) is 1.64. The standard InChI is InChI=1S/C10H9N3O/c14-7-12-10-11-6-9(13-10)8-4-2-1-3-5-8/h1-7H,(H2,11,12,13,14). The normalized spacial score (nSPS) is 9.71. The van der Waals surface area contributed by atoms with E-state index in [1.807, 2.05) is 30.3 Å². The minimum atomic E-state index is 0.457. The van der Waals surface area contributed by atoms with Gasteiger partial charge >= 0.3 is 0 Å². The summed E-state index contributed by atoms with van der Waals surface area (Å²) in [5.74, 6) is 0.457. The minimum Gasteiger partial charge on any atom is -0.330 e. The van der Waals surface area contributed by atoms with Crippen molar-refractivity contribution in [2.75, 3.05) is 5.32 Å². The maximum atomic E-state index is 10.1. The number of carbonyl (C=O) groups is 1. The molecule has 0 aliphatic rings. The number of imidazole rings is 1. The summed E-state index contributed by atoms with van der Waals surface area (Å²) >= 11 is 0. The van der Waals surface area contributed by atoms with Crippen molar-refractivity contribution in [3.63, 3.8) is 0 Å². The molecule has 0 spiro atoms. The number of benzene rings is 1. The second-order valence-electron chi connectivity index (χ2n) is 2.76. The molecule has 1 amide bonds. The van der Waals surface area contributed by atoms with Crippen LogP contribution in [-0.2, 0) is 4.79 Å². The first kappa shape index (κ1) is 8.50. The van der Waals surface area contributed by atoms with Gasteiger partial charge in [0.25, 0.3) is 0 Å². The minimum absolute atomic E-state index is 0.457. The average Bonchev–Trinajstić information content (AvgIpc) is 2.68. The fourth-order valence-electron chi connectivity index (χ4n) is 1.21. The van der Waals surface area contributed by atoms with Gasteiger partial charge in [-0.15, -0.1) is 0 Å². The maximum absolute atomic E-state index is 10.1. The molecule has 0 radical (unpaired) electrons. The number of hydrogen-bond donors (Lipinski definition) is 2. The molecule has 1 heterocycles. The molecule has 0 fully saturated rings. The van der Waals surface area contributed by atoms with Crippen LogP contribution in [-0.4, -0.2) is 16.4 Å². The molecule has 0 aliphatic heterocycles. The summed E-state index contributed by atoms with van der Waals surface area (Å²) in [7, 11) is 0. The molecule has 70 valence electrons. The van der Waals surface area contributed by atoms with E-state index in [9.17, 15) is 4.79 Å². The van der Waals surface area contributed by atoms with E-state index >= 15 is 0 Å². The van der Waals surface area contributed by atoms with Crippen LogP contribution in [0.3, 0.4) is 0 Å². The first-order valence-electron chi connectivity index (χ1n) is 4.21. The molecule has 2 N–H and O–H groups in total. The highest BCUT2D eigenvalue weighted by Gasteiger charge is 2.01. The van der Waals surface area contributed by atoms with Crippen molar-refractivity contribution >= 4 is 12.4 Å². The lowest BCUT2D eigenvalue weighted by Gasteiger charge is -1.93. The number of aromatic amines is 1. The molecule has 0 saturated heterocycles. The molecule has 4 heteroatoms. The number of amides is 1. The molecule has 0 unspecified atom stereocenters. The summed E-state index contributed by atoms with van der Waals surface area (Å²) in [6.45, 7) is 0. The van der Waals surface area contributed by atoms with Gasteiger partial charge in [0.1, 0.15) is 0 Å². The SMILES string of the molecule is O=CNc1nc(-c2ccccc2)c[nH]1. The van der Waals surface area contributed by atoms with Crippen LogP contribution in [0.2, 0.25) is 0 Å². The molecule has 0 atom stereocenters. The van der Waals surface area contributed by atoms with Gasteiger partial charge in [0.15, 0.2) is 0 Å². The van der Waals surface area contributed by atoms with Crippen molar-refractivity contribution in [3.8, 4) is 11.3 Å². The summed E-state index contributed by atoms with van der Waals surface area (Å²) in [6.07, 6.45) is 2.34. The van der Waals surface area contributed by atoms with E-state index in [1.54, 1.807) is 6.20 Å². The molecule has 2 rings (SSSR count). The van der Waals surface area contributed by atoms with E-state index in [0.29, 0.717) is 12.4 Å². The Kier molecular flexibility index (Phi) is 2.27. The van der Waals surface area contributed by atoms with Gasteiger partial charge in [-0.3, -0.25) is 10.1 Å². The lowest BCUT2D eigenvalue weighted by Crippen LogP contribution is -1.94. The first-order valence-corrected chi connectivity index (χ1v) is 4.21. The van der Waals surface area contributed by atoms with Gasteiger partial charge in [0, 0.05) is 11.8 Å². The second kappa shape index (κ2) is 3.74. The first-order chi connectivity index (χ1) is 6.90. The highest BCUT2D eigenvalue weighted by molar-refractivity contribution is 5.69. The lowest BCUT2D eigenvalue weighted by atomic mass is 10.2. The van der Waals surface area contributed by atoms with Gasteiger partial charge in [-0.25, -0.2) is 4.98 Å². The van der Waals surface area contributed by atoms with Crippen LogP contribution in [0.15, 0.2) is 36.5 Å². The number of H-pyrrole nitrogens is 1. The molecule has 14 heavy (non-hydrogen) atoms. The topological polar surface area (TPSA) is 57.8 Å². The molecule has 1 aromatic heterocycles. The largest absolute Gasteiger partial charge is 0.330 e. The summed E-state index contributed by atoms with van der Waals surface area (Å²) < 4.78 is 0. The van der Waals surface area contributed by atoms with E-state index in [-0.39, 0.29) is 0 Å². The van der Waals surface area contributed by atoms with Gasteiger partial charge in [-0.05, 0) is 0 Å². The zero-order valence-corrected chi connectivity index (χ0v) is 7.40. The Bertz CT molecular complexity index is 422. The Balaban J connectivity index is 2.29. The van der Waals surface area contributed by atoms with Crippen molar-refractivity contribution in [2.24, 2.45) is 0 Å². The average molecular weight is 187 g/mol. The predicted octanol–water partition coefficient (Wildman–Crippen LogP) is 1.64. The van der Waals surface area contributed by atoms with E-state index in [2.05, 4.69) is 15.3 Å². The van der Waals surface area contributed by atoms with Crippen molar-refractivity contribution < 1.29 is 4.79 Å². The third-order valence-corrected chi connectivity index (χ3v) is 1.84. The third-order valence-electron chi connectivity index (χ3n) is 1.84. The van der Waals surface area contributed by atoms with Crippen molar-refractivity contribution in [2.45, 2.75) is 0 Å². The molecule has 2 aromatic rings. The Morgan fingerprint density at radius 3 is 2.79 bits per heavy atom. The van der Waals surface area contributed by atoms with E-state index in [1.165, 1.54) is 0 Å². The van der Waals surface area contributed by atoms with Gasteiger partial charge in [-0.2, -0.15) is 0 Å². The van der Waals surface area contributed by atoms with Crippen LogP contribution in [0, 0.1) is 0 Å². The number of nitrogens with zero attached hydrogens (tertiary/aromatic N) is 1. The second-order valence-corrected chi connectivity index (χ2v) is 2.76. The summed E-state index contributed by atoms with van der Waals surface area (Å²) in [5, 5.41) is 2.45. The molecule has 4 nitrogen and oxygen atoms in total. The highest BCUT2D eigenvalue weighted by Crippen LogP contribution is 2.17. The molecule has 0 bridgehead atoms. The van der Waals surface area contributed by atoms with Crippen LogP contribution in [0.5, 0.6) is 0 Å². The fourth-order valence-corrected chi connectivity index (χ4v) is 1.21. The van der Waals surface area contributed by atoms with Gasteiger partial charge in [-0.1, -0.05) is 30.3 Å². The summed E-state index contributed by atoms with van der Waals surface area (Å²) in [6, 6.07) is 9.75. The zero-order chi connectivity index (χ0) is 9.80. The van der Waals surface area contributed by atoms with Crippen LogP contribution in [0.4, 0.5) is 5.95 Å². The Morgan fingerprint density at radius 2 is 2.07 bits per heavy atom. The molecular formula is C10H9N3O. The quantitative estimate of drug-likeness (QED) is 0.718. The van der Waals surface area contributed by atoms with E-state index in [0.717, 1.165) is 11.3 Å².